The third-order valence-corrected chi connectivity index (χ3v) is 3.04. The molecule has 0 heterocycles. The van der Waals surface area contributed by atoms with Crippen molar-refractivity contribution in [1.29, 1.82) is 0 Å². The lowest BCUT2D eigenvalue weighted by atomic mass is 9.84. The summed E-state index contributed by atoms with van der Waals surface area (Å²) in [6.07, 6.45) is 2.23. The Morgan fingerprint density at radius 1 is 1.06 bits per heavy atom. The van der Waals surface area contributed by atoms with Gasteiger partial charge in [0.25, 0.3) is 0 Å². The Balaban J connectivity index is 4.21. The van der Waals surface area contributed by atoms with Gasteiger partial charge in [0.05, 0.1) is 0 Å². The SMILES string of the molecule is CNCC(CC(C)C)CC(C)C(=O)C(C)C. The molecule has 0 aliphatic rings. The normalized spacial score (nSPS) is 15.5. The summed E-state index contributed by atoms with van der Waals surface area (Å²) >= 11 is 0. The summed E-state index contributed by atoms with van der Waals surface area (Å²) in [4.78, 5) is 11.8. The Morgan fingerprint density at radius 2 is 1.62 bits per heavy atom. The van der Waals surface area contributed by atoms with Gasteiger partial charge >= 0.3 is 0 Å². The van der Waals surface area contributed by atoms with Crippen LogP contribution in [0.15, 0.2) is 0 Å². The second-order valence-electron chi connectivity index (χ2n) is 5.75. The number of carbonyl (C=O) groups is 1. The van der Waals surface area contributed by atoms with Gasteiger partial charge in [-0.1, -0.05) is 34.6 Å². The van der Waals surface area contributed by atoms with Crippen molar-refractivity contribution in [2.45, 2.75) is 47.5 Å². The van der Waals surface area contributed by atoms with Crippen molar-refractivity contribution in [2.24, 2.45) is 23.7 Å². The van der Waals surface area contributed by atoms with Crippen molar-refractivity contribution < 1.29 is 4.79 Å². The number of hydrogen-bond acceptors (Lipinski definition) is 2. The molecule has 0 saturated carbocycles. The van der Waals surface area contributed by atoms with Crippen LogP contribution in [0.3, 0.4) is 0 Å². The summed E-state index contributed by atoms with van der Waals surface area (Å²) in [6.45, 7) is 11.6. The number of Topliss-reactive ketones (excluding diaryl/α,β-unsaturated/α-hetero) is 1. The molecule has 2 nitrogen and oxygen atoms in total. The molecule has 0 aromatic rings. The number of hydrogen-bond donors (Lipinski definition) is 1. The van der Waals surface area contributed by atoms with Crippen LogP contribution in [0.1, 0.15) is 47.5 Å². The quantitative estimate of drug-likeness (QED) is 0.690. The molecule has 0 aliphatic carbocycles. The molecule has 0 spiro atoms. The molecule has 2 atom stereocenters. The topological polar surface area (TPSA) is 29.1 Å². The molecule has 16 heavy (non-hydrogen) atoms. The van der Waals surface area contributed by atoms with Crippen LogP contribution in [0, 0.1) is 23.7 Å². The van der Waals surface area contributed by atoms with E-state index in [1.807, 2.05) is 20.9 Å². The predicted octanol–water partition coefficient (Wildman–Crippen LogP) is 3.12. The molecule has 0 aromatic carbocycles. The maximum Gasteiger partial charge on any atom is 0.138 e. The van der Waals surface area contributed by atoms with Gasteiger partial charge in [-0.05, 0) is 38.3 Å². The fourth-order valence-electron chi connectivity index (χ4n) is 2.40. The average Bonchev–Trinajstić information content (AvgIpc) is 2.15. The van der Waals surface area contributed by atoms with E-state index in [4.69, 9.17) is 0 Å². The number of ketones is 1. The first-order valence-corrected chi connectivity index (χ1v) is 6.56. The molecule has 2 unspecified atom stereocenters. The Kier molecular flexibility index (Phi) is 7.65. The van der Waals surface area contributed by atoms with Crippen LogP contribution in [-0.2, 0) is 4.79 Å². The molecule has 2 heteroatoms. The van der Waals surface area contributed by atoms with Crippen molar-refractivity contribution in [1.82, 2.24) is 5.32 Å². The zero-order valence-corrected chi connectivity index (χ0v) is 11.8. The van der Waals surface area contributed by atoms with E-state index >= 15 is 0 Å². The highest BCUT2D eigenvalue weighted by Gasteiger charge is 2.21. The Hall–Kier alpha value is -0.370. The fourth-order valence-corrected chi connectivity index (χ4v) is 2.40. The van der Waals surface area contributed by atoms with Crippen LogP contribution in [0.25, 0.3) is 0 Å². The van der Waals surface area contributed by atoms with E-state index in [-0.39, 0.29) is 11.8 Å². The van der Waals surface area contributed by atoms with Gasteiger partial charge < -0.3 is 5.32 Å². The van der Waals surface area contributed by atoms with E-state index in [0.717, 1.165) is 13.0 Å². The molecule has 0 fully saturated rings. The number of nitrogens with one attached hydrogen (secondary N) is 1. The highest BCUT2D eigenvalue weighted by Crippen LogP contribution is 2.21. The van der Waals surface area contributed by atoms with Gasteiger partial charge in [0.15, 0.2) is 0 Å². The van der Waals surface area contributed by atoms with E-state index < -0.39 is 0 Å². The Labute approximate surface area is 101 Å². The summed E-state index contributed by atoms with van der Waals surface area (Å²) in [5.74, 6) is 2.12. The summed E-state index contributed by atoms with van der Waals surface area (Å²) < 4.78 is 0. The lowest BCUT2D eigenvalue weighted by molar-refractivity contribution is -0.125. The van der Waals surface area contributed by atoms with Crippen LogP contribution in [0.2, 0.25) is 0 Å². The summed E-state index contributed by atoms with van der Waals surface area (Å²) in [5.41, 5.74) is 0. The molecule has 0 saturated heterocycles. The Morgan fingerprint density at radius 3 is 2.00 bits per heavy atom. The van der Waals surface area contributed by atoms with Gasteiger partial charge in [0.2, 0.25) is 0 Å². The van der Waals surface area contributed by atoms with Crippen molar-refractivity contribution in [3.63, 3.8) is 0 Å². The van der Waals surface area contributed by atoms with Crippen LogP contribution in [0.4, 0.5) is 0 Å². The Bertz CT molecular complexity index is 199. The monoisotopic (exact) mass is 227 g/mol. The maximum absolute atomic E-state index is 11.8. The largest absolute Gasteiger partial charge is 0.319 e. The first-order valence-electron chi connectivity index (χ1n) is 6.56. The molecular formula is C14H29NO. The average molecular weight is 227 g/mol. The molecule has 0 aromatic heterocycles. The molecule has 96 valence electrons. The summed E-state index contributed by atoms with van der Waals surface area (Å²) in [7, 11) is 1.99. The van der Waals surface area contributed by atoms with E-state index in [2.05, 4.69) is 26.1 Å². The molecule has 0 aliphatic heterocycles. The van der Waals surface area contributed by atoms with Crippen molar-refractivity contribution in [3.05, 3.63) is 0 Å². The minimum Gasteiger partial charge on any atom is -0.319 e. The van der Waals surface area contributed by atoms with Gasteiger partial charge in [0, 0.05) is 11.8 Å². The molecule has 0 amide bonds. The predicted molar refractivity (Wildman–Crippen MR) is 70.5 cm³/mol. The molecule has 0 bridgehead atoms. The first-order chi connectivity index (χ1) is 7.38. The summed E-state index contributed by atoms with van der Waals surface area (Å²) in [6, 6.07) is 0. The fraction of sp³-hybridized carbons (Fsp3) is 0.929. The summed E-state index contributed by atoms with van der Waals surface area (Å²) in [5, 5.41) is 3.24. The highest BCUT2D eigenvalue weighted by atomic mass is 16.1. The third-order valence-electron chi connectivity index (χ3n) is 3.04. The van der Waals surface area contributed by atoms with Gasteiger partial charge in [-0.25, -0.2) is 0 Å². The van der Waals surface area contributed by atoms with Crippen molar-refractivity contribution in [2.75, 3.05) is 13.6 Å². The molecular weight excluding hydrogens is 198 g/mol. The molecule has 0 radical (unpaired) electrons. The van der Waals surface area contributed by atoms with Crippen molar-refractivity contribution >= 4 is 5.78 Å². The van der Waals surface area contributed by atoms with Crippen molar-refractivity contribution in [3.8, 4) is 0 Å². The zero-order valence-electron chi connectivity index (χ0n) is 11.8. The van der Waals surface area contributed by atoms with Crippen LogP contribution in [-0.4, -0.2) is 19.4 Å². The minimum absolute atomic E-state index is 0.171. The number of rotatable bonds is 8. The second-order valence-corrected chi connectivity index (χ2v) is 5.75. The molecule has 1 N–H and O–H groups in total. The smallest absolute Gasteiger partial charge is 0.138 e. The van der Waals surface area contributed by atoms with E-state index in [0.29, 0.717) is 17.6 Å². The third kappa shape index (κ3) is 6.26. The highest BCUT2D eigenvalue weighted by molar-refractivity contribution is 5.82. The van der Waals surface area contributed by atoms with Gasteiger partial charge in [0.1, 0.15) is 5.78 Å². The van der Waals surface area contributed by atoms with Gasteiger partial charge in [-0.2, -0.15) is 0 Å². The van der Waals surface area contributed by atoms with Crippen LogP contribution in [0.5, 0.6) is 0 Å². The van der Waals surface area contributed by atoms with E-state index in [9.17, 15) is 4.79 Å². The van der Waals surface area contributed by atoms with Crippen LogP contribution < -0.4 is 5.32 Å². The molecule has 0 rings (SSSR count). The minimum atomic E-state index is 0.171. The second kappa shape index (κ2) is 7.83. The first kappa shape index (κ1) is 15.6. The number of carbonyl (C=O) groups excluding carboxylic acids is 1. The van der Waals surface area contributed by atoms with Gasteiger partial charge in [-0.3, -0.25) is 4.79 Å². The maximum atomic E-state index is 11.8. The lowest BCUT2D eigenvalue weighted by Gasteiger charge is -2.22. The zero-order chi connectivity index (χ0) is 12.7. The lowest BCUT2D eigenvalue weighted by Crippen LogP contribution is -2.26. The van der Waals surface area contributed by atoms with Gasteiger partial charge in [-0.15, -0.1) is 0 Å². The van der Waals surface area contributed by atoms with E-state index in [1.54, 1.807) is 0 Å². The standard InChI is InChI=1S/C14H29NO/c1-10(2)7-13(9-15-6)8-12(5)14(16)11(3)4/h10-13,15H,7-9H2,1-6H3. The van der Waals surface area contributed by atoms with E-state index in [1.165, 1.54) is 6.42 Å². The van der Waals surface area contributed by atoms with Crippen LogP contribution >= 0.6 is 0 Å².